The van der Waals surface area contributed by atoms with E-state index in [0.29, 0.717) is 31.3 Å². The highest BCUT2D eigenvalue weighted by molar-refractivity contribution is 5.85. The fourth-order valence-corrected chi connectivity index (χ4v) is 8.37. The fraction of sp³-hybridized carbons (Fsp3) is 0.870. The maximum atomic E-state index is 12.1. The Bertz CT molecular complexity index is 718. The number of aliphatic hydroxyl groups is 3. The monoisotopic (exact) mass is 390 g/mol. The van der Waals surface area contributed by atoms with Crippen LogP contribution in [0.25, 0.3) is 0 Å². The Morgan fingerprint density at radius 2 is 1.82 bits per heavy atom. The number of carbonyl (C=O) groups excluding carboxylic acids is 1. The van der Waals surface area contributed by atoms with Crippen LogP contribution in [0.15, 0.2) is 11.6 Å². The minimum absolute atomic E-state index is 0.00129. The Labute approximate surface area is 167 Å². The van der Waals surface area contributed by atoms with E-state index in [9.17, 15) is 20.1 Å². The van der Waals surface area contributed by atoms with Crippen molar-refractivity contribution in [3.63, 3.8) is 0 Å². The SMILES string of the molecule is C[C@]12CC[C@H](O)C[C@@H]1CC[C@H]1[C@H]2C[C@H](O)[C@@]2(C)[C@H](C3=CC(=O)OC3)CC[C@]12O. The molecule has 0 bridgehead atoms. The largest absolute Gasteiger partial charge is 0.458 e. The Hall–Kier alpha value is -0.910. The molecule has 5 heteroatoms. The van der Waals surface area contributed by atoms with E-state index in [2.05, 4.69) is 6.92 Å². The van der Waals surface area contributed by atoms with Crippen LogP contribution in [-0.2, 0) is 9.53 Å². The lowest BCUT2D eigenvalue weighted by Gasteiger charge is -2.64. The first-order valence-electron chi connectivity index (χ1n) is 11.2. The molecule has 4 fully saturated rings. The van der Waals surface area contributed by atoms with Crippen molar-refractivity contribution in [2.24, 2.45) is 34.5 Å². The van der Waals surface area contributed by atoms with Crippen molar-refractivity contribution in [3.8, 4) is 0 Å². The normalized spacial score (nSPS) is 55.8. The van der Waals surface area contributed by atoms with Gasteiger partial charge in [-0.05, 0) is 86.0 Å². The Balaban J connectivity index is 1.51. The maximum absolute atomic E-state index is 12.1. The van der Waals surface area contributed by atoms with Crippen molar-refractivity contribution in [2.75, 3.05) is 6.61 Å². The molecule has 1 aliphatic heterocycles. The smallest absolute Gasteiger partial charge is 0.331 e. The quantitative estimate of drug-likeness (QED) is 0.599. The average molecular weight is 391 g/mol. The number of hydrogen-bond donors (Lipinski definition) is 3. The molecule has 28 heavy (non-hydrogen) atoms. The van der Waals surface area contributed by atoms with Crippen LogP contribution >= 0.6 is 0 Å². The van der Waals surface area contributed by atoms with Crippen LogP contribution in [0, 0.1) is 34.5 Å². The van der Waals surface area contributed by atoms with E-state index in [1.54, 1.807) is 6.08 Å². The molecular formula is C23H34O5. The molecule has 0 radical (unpaired) electrons. The summed E-state index contributed by atoms with van der Waals surface area (Å²) in [4.78, 5) is 11.6. The van der Waals surface area contributed by atoms with Crippen molar-refractivity contribution in [2.45, 2.75) is 83.0 Å². The topological polar surface area (TPSA) is 87.0 Å². The number of cyclic esters (lactones) is 1. The van der Waals surface area contributed by atoms with Crippen LogP contribution in [0.4, 0.5) is 0 Å². The van der Waals surface area contributed by atoms with E-state index < -0.39 is 17.1 Å². The number of hydrogen-bond acceptors (Lipinski definition) is 5. The number of fused-ring (bicyclic) bond motifs is 5. The zero-order valence-corrected chi connectivity index (χ0v) is 17.1. The molecule has 0 spiro atoms. The lowest BCUT2D eigenvalue weighted by molar-refractivity contribution is -0.244. The van der Waals surface area contributed by atoms with Crippen LogP contribution in [0.1, 0.15) is 65.2 Å². The van der Waals surface area contributed by atoms with E-state index >= 15 is 0 Å². The van der Waals surface area contributed by atoms with Crippen LogP contribution < -0.4 is 0 Å². The van der Waals surface area contributed by atoms with Gasteiger partial charge in [0, 0.05) is 11.5 Å². The molecule has 9 atom stereocenters. The third-order valence-corrected chi connectivity index (χ3v) is 10.0. The Kier molecular flexibility index (Phi) is 4.12. The summed E-state index contributed by atoms with van der Waals surface area (Å²) in [5.41, 5.74) is -0.507. The third-order valence-electron chi connectivity index (χ3n) is 10.0. The molecule has 0 aromatic carbocycles. The van der Waals surface area contributed by atoms with Gasteiger partial charge in [0.2, 0.25) is 0 Å². The van der Waals surface area contributed by atoms with Crippen LogP contribution in [0.5, 0.6) is 0 Å². The summed E-state index contributed by atoms with van der Waals surface area (Å²) in [5.74, 6) is 0.657. The average Bonchev–Trinajstić information content (AvgIpc) is 3.19. The summed E-state index contributed by atoms with van der Waals surface area (Å²) in [6.45, 7) is 4.69. The Morgan fingerprint density at radius 1 is 1.04 bits per heavy atom. The minimum Gasteiger partial charge on any atom is -0.458 e. The zero-order valence-electron chi connectivity index (χ0n) is 17.1. The summed E-state index contributed by atoms with van der Waals surface area (Å²) in [5, 5.41) is 33.7. The predicted molar refractivity (Wildman–Crippen MR) is 103 cm³/mol. The van der Waals surface area contributed by atoms with Gasteiger partial charge in [0.1, 0.15) is 6.61 Å². The van der Waals surface area contributed by atoms with Crippen molar-refractivity contribution in [1.29, 1.82) is 0 Å². The summed E-state index contributed by atoms with van der Waals surface area (Å²) >= 11 is 0. The summed E-state index contributed by atoms with van der Waals surface area (Å²) in [7, 11) is 0. The highest BCUT2D eigenvalue weighted by atomic mass is 16.5. The van der Waals surface area contributed by atoms with E-state index in [4.69, 9.17) is 4.74 Å². The highest BCUT2D eigenvalue weighted by Gasteiger charge is 2.70. The van der Waals surface area contributed by atoms with Crippen LogP contribution in [0.3, 0.4) is 0 Å². The molecular weight excluding hydrogens is 356 g/mol. The number of ether oxygens (including phenoxy) is 1. The summed E-state index contributed by atoms with van der Waals surface area (Å²) < 4.78 is 5.16. The second-order valence-corrected chi connectivity index (χ2v) is 10.8. The van der Waals surface area contributed by atoms with Crippen molar-refractivity contribution < 1.29 is 24.9 Å². The van der Waals surface area contributed by atoms with E-state index in [1.807, 2.05) is 6.92 Å². The summed E-state index contributed by atoms with van der Waals surface area (Å²) in [6.07, 6.45) is 7.69. The lowest BCUT2D eigenvalue weighted by atomic mass is 9.42. The molecule has 3 N–H and O–H groups in total. The standard InChI is InChI=1S/C23H34O5/c1-21-7-5-15(24)10-14(21)3-4-17-18(21)11-19(25)22(2)16(6-8-23(17,22)27)13-9-20(26)28-12-13/h9,14-19,24-25,27H,3-8,10-12H2,1-2H3/t14-,15-,16-,17-,18+,19-,21-,22+,23-/m0/s1. The number of carbonyl (C=O) groups is 1. The number of aliphatic hydroxyl groups excluding tert-OH is 2. The van der Waals surface area contributed by atoms with Gasteiger partial charge in [0.15, 0.2) is 0 Å². The molecule has 1 heterocycles. The van der Waals surface area contributed by atoms with E-state index in [1.165, 1.54) is 0 Å². The number of rotatable bonds is 1. The van der Waals surface area contributed by atoms with Crippen LogP contribution in [0.2, 0.25) is 0 Å². The first-order valence-corrected chi connectivity index (χ1v) is 11.2. The highest BCUT2D eigenvalue weighted by Crippen LogP contribution is 2.69. The molecule has 4 aliphatic carbocycles. The van der Waals surface area contributed by atoms with Gasteiger partial charge in [0.25, 0.3) is 0 Å². The predicted octanol–water partition coefficient (Wildman–Crippen LogP) is 2.58. The van der Waals surface area contributed by atoms with Gasteiger partial charge >= 0.3 is 5.97 Å². The van der Waals surface area contributed by atoms with Gasteiger partial charge in [-0.2, -0.15) is 0 Å². The first kappa shape index (κ1) is 19.1. The first-order chi connectivity index (χ1) is 13.2. The zero-order chi connectivity index (χ0) is 19.9. The van der Waals surface area contributed by atoms with Gasteiger partial charge in [-0.3, -0.25) is 0 Å². The van der Waals surface area contributed by atoms with Crippen LogP contribution in [-0.4, -0.2) is 45.7 Å². The van der Waals surface area contributed by atoms with E-state index in [-0.39, 0.29) is 29.3 Å². The molecule has 0 aromatic rings. The molecule has 4 saturated carbocycles. The van der Waals surface area contributed by atoms with Crippen molar-refractivity contribution in [3.05, 3.63) is 11.6 Å². The fourth-order valence-electron chi connectivity index (χ4n) is 8.37. The molecule has 0 amide bonds. The summed E-state index contributed by atoms with van der Waals surface area (Å²) in [6, 6.07) is 0. The molecule has 156 valence electrons. The second-order valence-electron chi connectivity index (χ2n) is 10.8. The van der Waals surface area contributed by atoms with Crippen molar-refractivity contribution >= 4 is 5.97 Å². The van der Waals surface area contributed by atoms with E-state index in [0.717, 1.165) is 44.1 Å². The van der Waals surface area contributed by atoms with Gasteiger partial charge in [-0.25, -0.2) is 4.79 Å². The van der Waals surface area contributed by atoms with Gasteiger partial charge in [0.05, 0.1) is 17.8 Å². The molecule has 0 unspecified atom stereocenters. The number of esters is 1. The molecule has 5 nitrogen and oxygen atoms in total. The lowest BCUT2D eigenvalue weighted by Crippen LogP contribution is -2.67. The third kappa shape index (κ3) is 2.27. The van der Waals surface area contributed by atoms with Gasteiger partial charge in [-0.15, -0.1) is 0 Å². The minimum atomic E-state index is -0.906. The second kappa shape index (κ2) is 6.05. The van der Waals surface area contributed by atoms with Gasteiger partial charge < -0.3 is 20.1 Å². The molecule has 5 aliphatic rings. The Morgan fingerprint density at radius 3 is 2.54 bits per heavy atom. The molecule has 5 rings (SSSR count). The van der Waals surface area contributed by atoms with Gasteiger partial charge in [-0.1, -0.05) is 13.8 Å². The molecule has 0 aromatic heterocycles. The van der Waals surface area contributed by atoms with Crippen molar-refractivity contribution in [1.82, 2.24) is 0 Å². The molecule has 0 saturated heterocycles. The maximum Gasteiger partial charge on any atom is 0.331 e.